The largest absolute Gasteiger partial charge is 0.479 e. The molecular weight excluding hydrogens is 439 g/mol. The third-order valence-corrected chi connectivity index (χ3v) is 4.63. The van der Waals surface area contributed by atoms with Crippen LogP contribution in [0.2, 0.25) is 10.0 Å². The molecule has 2 aromatic rings. The monoisotopic (exact) mass is 450 g/mol. The van der Waals surface area contributed by atoms with Gasteiger partial charge in [-0.2, -0.15) is 0 Å². The second kappa shape index (κ2) is 8.60. The van der Waals surface area contributed by atoms with Crippen LogP contribution >= 0.6 is 35.4 Å². The number of para-hydroxylation sites is 1. The summed E-state index contributed by atoms with van der Waals surface area (Å²) in [5.41, 5.74) is 0.678. The Kier molecular flexibility index (Phi) is 6.17. The number of carbonyl (C=O) groups excluding carboxylic acids is 2. The molecule has 0 spiro atoms. The Balaban J connectivity index is 1.96. The van der Waals surface area contributed by atoms with Crippen molar-refractivity contribution in [2.45, 2.75) is 0 Å². The van der Waals surface area contributed by atoms with Crippen LogP contribution in [0.5, 0.6) is 5.75 Å². The van der Waals surface area contributed by atoms with Gasteiger partial charge in [0.05, 0.1) is 15.7 Å². The molecule has 29 heavy (non-hydrogen) atoms. The third kappa shape index (κ3) is 4.56. The smallest absolute Gasteiger partial charge is 0.341 e. The lowest BCUT2D eigenvalue weighted by Crippen LogP contribution is -2.54. The van der Waals surface area contributed by atoms with Crippen LogP contribution in [0.15, 0.2) is 48.0 Å². The maximum atomic E-state index is 12.9. The molecule has 1 saturated heterocycles. The number of aliphatic carboxylic acids is 1. The van der Waals surface area contributed by atoms with Crippen molar-refractivity contribution in [1.29, 1.82) is 0 Å². The van der Waals surface area contributed by atoms with Gasteiger partial charge in [0.15, 0.2) is 17.5 Å². The van der Waals surface area contributed by atoms with Gasteiger partial charge in [-0.15, -0.1) is 0 Å². The van der Waals surface area contributed by atoms with Gasteiger partial charge in [-0.1, -0.05) is 41.4 Å². The quantitative estimate of drug-likeness (QED) is 0.412. The predicted octanol–water partition coefficient (Wildman–Crippen LogP) is 3.29. The second-order valence-corrected chi connectivity index (χ2v) is 6.99. The first-order valence-electron chi connectivity index (χ1n) is 8.08. The normalized spacial score (nSPS) is 15.4. The summed E-state index contributed by atoms with van der Waals surface area (Å²) in [5.74, 6) is -2.47. The summed E-state index contributed by atoms with van der Waals surface area (Å²) in [6.45, 7) is -0.621. The predicted molar refractivity (Wildman–Crippen MR) is 112 cm³/mol. The number of thiocarbonyl (C=S) groups is 1. The lowest BCUT2D eigenvalue weighted by Gasteiger charge is -2.28. The van der Waals surface area contributed by atoms with E-state index in [4.69, 9.17) is 45.3 Å². The number of ether oxygens (including phenoxy) is 1. The molecule has 1 aliphatic rings. The number of amides is 2. The molecule has 0 aliphatic carbocycles. The number of anilines is 1. The number of halogens is 2. The lowest BCUT2D eigenvalue weighted by atomic mass is 10.1. The van der Waals surface area contributed by atoms with Crippen molar-refractivity contribution >= 4 is 70.1 Å². The van der Waals surface area contributed by atoms with Gasteiger partial charge in [-0.3, -0.25) is 19.8 Å². The van der Waals surface area contributed by atoms with Crippen molar-refractivity contribution in [3.8, 4) is 5.75 Å². The number of nitrogens with zero attached hydrogens (tertiary/aromatic N) is 1. The first-order chi connectivity index (χ1) is 13.8. The van der Waals surface area contributed by atoms with E-state index in [9.17, 15) is 14.4 Å². The van der Waals surface area contributed by atoms with Crippen molar-refractivity contribution in [2.24, 2.45) is 0 Å². The maximum absolute atomic E-state index is 12.9. The molecule has 1 fully saturated rings. The molecule has 2 N–H and O–H groups in total. The number of hydrogen-bond donors (Lipinski definition) is 2. The van der Waals surface area contributed by atoms with E-state index in [2.05, 4.69) is 5.32 Å². The minimum absolute atomic E-state index is 0.00982. The van der Waals surface area contributed by atoms with E-state index in [0.717, 1.165) is 0 Å². The first kappa shape index (κ1) is 20.8. The number of rotatable bonds is 5. The molecule has 0 saturated carbocycles. The SMILES string of the molecule is O=C(O)COc1c(Cl)cc(C=C2C(=O)NC(=S)N(c3ccccc3)C2=O)cc1Cl. The van der Waals surface area contributed by atoms with Crippen molar-refractivity contribution in [3.05, 3.63) is 63.6 Å². The molecule has 1 aliphatic heterocycles. The van der Waals surface area contributed by atoms with E-state index in [1.165, 1.54) is 23.1 Å². The van der Waals surface area contributed by atoms with Gasteiger partial charge in [-0.05, 0) is 48.1 Å². The molecule has 3 rings (SSSR count). The van der Waals surface area contributed by atoms with Gasteiger partial charge in [-0.25, -0.2) is 4.79 Å². The topological polar surface area (TPSA) is 95.9 Å². The molecule has 10 heteroatoms. The standard InChI is InChI=1S/C19H12Cl2N2O5S/c20-13-7-10(8-14(21)16(13)28-9-15(24)25)6-12-17(26)22-19(29)23(18(12)27)11-4-2-1-3-5-11/h1-8H,9H2,(H,24,25)(H,22,26,29). The van der Waals surface area contributed by atoms with E-state index in [-0.39, 0.29) is 26.5 Å². The maximum Gasteiger partial charge on any atom is 0.341 e. The Morgan fingerprint density at radius 2 is 1.79 bits per heavy atom. The van der Waals surface area contributed by atoms with Crippen LogP contribution in [0.3, 0.4) is 0 Å². The number of carboxylic acid groups (broad SMARTS) is 1. The molecule has 148 valence electrons. The van der Waals surface area contributed by atoms with Gasteiger partial charge in [0.1, 0.15) is 5.57 Å². The minimum atomic E-state index is -1.19. The molecule has 0 unspecified atom stereocenters. The number of carbonyl (C=O) groups is 3. The molecule has 0 atom stereocenters. The van der Waals surface area contributed by atoms with Gasteiger partial charge in [0, 0.05) is 0 Å². The molecule has 0 bridgehead atoms. The van der Waals surface area contributed by atoms with E-state index in [1.807, 2.05) is 0 Å². The summed E-state index contributed by atoms with van der Waals surface area (Å²) in [7, 11) is 0. The van der Waals surface area contributed by atoms with Crippen molar-refractivity contribution in [1.82, 2.24) is 5.32 Å². The van der Waals surface area contributed by atoms with Gasteiger partial charge < -0.3 is 9.84 Å². The van der Waals surface area contributed by atoms with Crippen LogP contribution < -0.4 is 15.0 Å². The van der Waals surface area contributed by atoms with Crippen LogP contribution in [-0.4, -0.2) is 34.6 Å². The minimum Gasteiger partial charge on any atom is -0.479 e. The Morgan fingerprint density at radius 1 is 1.17 bits per heavy atom. The Morgan fingerprint density at radius 3 is 2.38 bits per heavy atom. The molecule has 2 amide bonds. The van der Waals surface area contributed by atoms with Gasteiger partial charge >= 0.3 is 5.97 Å². The number of carboxylic acids is 1. The molecule has 1 heterocycles. The van der Waals surface area contributed by atoms with Crippen LogP contribution in [0.1, 0.15) is 5.56 Å². The summed E-state index contributed by atoms with van der Waals surface area (Å²) < 4.78 is 5.05. The fourth-order valence-corrected chi connectivity index (χ4v) is 3.46. The van der Waals surface area contributed by atoms with Crippen LogP contribution in [0.25, 0.3) is 6.08 Å². The van der Waals surface area contributed by atoms with Crippen molar-refractivity contribution in [2.75, 3.05) is 11.5 Å². The molecular formula is C19H12Cl2N2O5S. The van der Waals surface area contributed by atoms with Crippen molar-refractivity contribution in [3.63, 3.8) is 0 Å². The lowest BCUT2D eigenvalue weighted by molar-refractivity contribution is -0.139. The Bertz CT molecular complexity index is 1030. The highest BCUT2D eigenvalue weighted by atomic mass is 35.5. The third-order valence-electron chi connectivity index (χ3n) is 3.79. The number of hydrogen-bond acceptors (Lipinski definition) is 5. The van der Waals surface area contributed by atoms with Crippen LogP contribution in [0, 0.1) is 0 Å². The molecule has 0 aromatic heterocycles. The van der Waals surface area contributed by atoms with Crippen molar-refractivity contribution < 1.29 is 24.2 Å². The average Bonchev–Trinajstić information content (AvgIpc) is 2.65. The number of benzene rings is 2. The molecule has 0 radical (unpaired) electrons. The highest BCUT2D eigenvalue weighted by molar-refractivity contribution is 7.80. The summed E-state index contributed by atoms with van der Waals surface area (Å²) in [5, 5.41) is 11.2. The average molecular weight is 451 g/mol. The summed E-state index contributed by atoms with van der Waals surface area (Å²) >= 11 is 17.3. The summed E-state index contributed by atoms with van der Waals surface area (Å²) in [4.78, 5) is 37.1. The first-order valence-corrected chi connectivity index (χ1v) is 9.24. The van der Waals surface area contributed by atoms with E-state index in [1.54, 1.807) is 30.3 Å². The fourth-order valence-electron chi connectivity index (χ4n) is 2.57. The highest BCUT2D eigenvalue weighted by Crippen LogP contribution is 2.35. The van der Waals surface area contributed by atoms with E-state index < -0.39 is 24.4 Å². The fraction of sp³-hybridized carbons (Fsp3) is 0.0526. The second-order valence-electron chi connectivity index (χ2n) is 5.79. The van der Waals surface area contributed by atoms with Crippen LogP contribution in [0.4, 0.5) is 5.69 Å². The Labute approximate surface area is 180 Å². The zero-order valence-corrected chi connectivity index (χ0v) is 16.8. The van der Waals surface area contributed by atoms with Gasteiger partial charge in [0.25, 0.3) is 11.8 Å². The van der Waals surface area contributed by atoms with Gasteiger partial charge in [0.2, 0.25) is 0 Å². The highest BCUT2D eigenvalue weighted by Gasteiger charge is 2.34. The zero-order valence-electron chi connectivity index (χ0n) is 14.5. The Hall–Kier alpha value is -2.94. The summed E-state index contributed by atoms with van der Waals surface area (Å²) in [6, 6.07) is 11.4. The van der Waals surface area contributed by atoms with E-state index >= 15 is 0 Å². The van der Waals surface area contributed by atoms with Crippen LogP contribution in [-0.2, 0) is 14.4 Å². The van der Waals surface area contributed by atoms with E-state index in [0.29, 0.717) is 11.3 Å². The number of nitrogens with one attached hydrogen (secondary N) is 1. The summed E-state index contributed by atoms with van der Waals surface area (Å²) in [6.07, 6.45) is 1.31. The molecule has 7 nitrogen and oxygen atoms in total. The molecule has 2 aromatic carbocycles. The zero-order chi connectivity index (χ0) is 21.1.